The van der Waals surface area contributed by atoms with Crippen molar-refractivity contribution < 1.29 is 14.3 Å². The highest BCUT2D eigenvalue weighted by Gasteiger charge is 2.43. The highest BCUT2D eigenvalue weighted by atomic mass is 16.5. The first kappa shape index (κ1) is 15.2. The van der Waals surface area contributed by atoms with Gasteiger partial charge in [-0.3, -0.25) is 9.69 Å². The number of nitrogens with zero attached hydrogens (tertiary/aromatic N) is 1. The minimum absolute atomic E-state index is 0.0221. The van der Waals surface area contributed by atoms with E-state index in [-0.39, 0.29) is 18.1 Å². The summed E-state index contributed by atoms with van der Waals surface area (Å²) in [5.74, 6) is 0.808. The van der Waals surface area contributed by atoms with Gasteiger partial charge in [0, 0.05) is 12.1 Å². The van der Waals surface area contributed by atoms with Crippen LogP contribution in [-0.2, 0) is 9.53 Å². The summed E-state index contributed by atoms with van der Waals surface area (Å²) in [6, 6.07) is 16.1. The Labute approximate surface area is 141 Å². The van der Waals surface area contributed by atoms with Gasteiger partial charge in [0.05, 0.1) is 20.3 Å². The van der Waals surface area contributed by atoms with Crippen molar-refractivity contribution in [1.82, 2.24) is 10.2 Å². The van der Waals surface area contributed by atoms with Gasteiger partial charge in [-0.25, -0.2) is 0 Å². The normalized spacial score (nSPS) is 23.6. The lowest BCUT2D eigenvalue weighted by Gasteiger charge is -2.32. The molecule has 5 nitrogen and oxygen atoms in total. The highest BCUT2D eigenvalue weighted by Crippen LogP contribution is 2.36. The van der Waals surface area contributed by atoms with Crippen LogP contribution in [0.5, 0.6) is 5.75 Å². The van der Waals surface area contributed by atoms with Crippen LogP contribution in [-0.4, -0.2) is 43.7 Å². The minimum atomic E-state index is -0.206. The third kappa shape index (κ3) is 2.56. The van der Waals surface area contributed by atoms with E-state index in [4.69, 9.17) is 9.47 Å². The fraction of sp³-hybridized carbons (Fsp3) is 0.316. The largest absolute Gasteiger partial charge is 0.496 e. The lowest BCUT2D eigenvalue weighted by atomic mass is 10.0. The maximum Gasteiger partial charge on any atom is 0.241 e. The number of morpholine rings is 1. The van der Waals surface area contributed by atoms with Gasteiger partial charge < -0.3 is 14.8 Å². The molecule has 2 aromatic rings. The molecule has 5 heteroatoms. The van der Waals surface area contributed by atoms with Crippen molar-refractivity contribution in [2.24, 2.45) is 0 Å². The Bertz CT molecular complexity index is 748. The Morgan fingerprint density at radius 3 is 2.79 bits per heavy atom. The van der Waals surface area contributed by atoms with Gasteiger partial charge in [-0.1, -0.05) is 42.5 Å². The molecule has 2 aromatic carbocycles. The molecule has 2 aliphatic heterocycles. The van der Waals surface area contributed by atoms with Gasteiger partial charge in [0.1, 0.15) is 18.0 Å². The van der Waals surface area contributed by atoms with E-state index >= 15 is 0 Å². The van der Waals surface area contributed by atoms with Crippen LogP contribution in [0.1, 0.15) is 11.7 Å². The van der Waals surface area contributed by atoms with Crippen molar-refractivity contribution in [3.8, 4) is 16.9 Å². The molecular weight excluding hydrogens is 304 g/mol. The van der Waals surface area contributed by atoms with Gasteiger partial charge in [-0.2, -0.15) is 0 Å². The Kier molecular flexibility index (Phi) is 3.96. The van der Waals surface area contributed by atoms with E-state index in [1.54, 1.807) is 7.11 Å². The summed E-state index contributed by atoms with van der Waals surface area (Å²) >= 11 is 0. The van der Waals surface area contributed by atoms with Gasteiger partial charge in [-0.05, 0) is 17.2 Å². The molecular formula is C19H20N2O3. The number of benzene rings is 2. The third-order valence-electron chi connectivity index (χ3n) is 4.72. The van der Waals surface area contributed by atoms with E-state index < -0.39 is 0 Å². The maximum absolute atomic E-state index is 12.2. The van der Waals surface area contributed by atoms with Gasteiger partial charge in [-0.15, -0.1) is 0 Å². The van der Waals surface area contributed by atoms with Crippen LogP contribution in [0.25, 0.3) is 11.1 Å². The summed E-state index contributed by atoms with van der Waals surface area (Å²) in [5.41, 5.74) is 3.22. The quantitative estimate of drug-likeness (QED) is 0.940. The van der Waals surface area contributed by atoms with E-state index in [1.807, 2.05) is 30.3 Å². The molecule has 2 saturated heterocycles. The summed E-state index contributed by atoms with van der Waals surface area (Å²) in [4.78, 5) is 14.4. The zero-order chi connectivity index (χ0) is 16.5. The number of rotatable bonds is 3. The maximum atomic E-state index is 12.2. The van der Waals surface area contributed by atoms with Crippen molar-refractivity contribution in [3.05, 3.63) is 54.1 Å². The fourth-order valence-corrected chi connectivity index (χ4v) is 3.47. The Hall–Kier alpha value is -2.37. The summed E-state index contributed by atoms with van der Waals surface area (Å²) < 4.78 is 11.1. The lowest BCUT2D eigenvalue weighted by molar-refractivity contribution is -0.125. The Balaban J connectivity index is 1.69. The van der Waals surface area contributed by atoms with Gasteiger partial charge in [0.2, 0.25) is 5.91 Å². The number of amides is 1. The zero-order valence-electron chi connectivity index (χ0n) is 13.6. The minimum Gasteiger partial charge on any atom is -0.496 e. The summed E-state index contributed by atoms with van der Waals surface area (Å²) in [6.07, 6.45) is -0.161. The Morgan fingerprint density at radius 1 is 1.17 bits per heavy atom. The van der Waals surface area contributed by atoms with E-state index in [2.05, 4.69) is 28.4 Å². The molecule has 2 heterocycles. The number of fused-ring (bicyclic) bond motifs is 1. The lowest BCUT2D eigenvalue weighted by Crippen LogP contribution is -2.44. The van der Waals surface area contributed by atoms with Gasteiger partial charge in [0.25, 0.3) is 0 Å². The van der Waals surface area contributed by atoms with Crippen LogP contribution >= 0.6 is 0 Å². The molecule has 0 unspecified atom stereocenters. The second-order valence-corrected chi connectivity index (χ2v) is 6.06. The zero-order valence-corrected chi connectivity index (χ0v) is 13.6. The number of carbonyl (C=O) groups is 1. The second kappa shape index (κ2) is 6.26. The smallest absolute Gasteiger partial charge is 0.241 e. The molecule has 1 amide bonds. The molecule has 1 N–H and O–H groups in total. The van der Waals surface area contributed by atoms with Crippen LogP contribution in [0.3, 0.4) is 0 Å². The number of ether oxygens (including phenoxy) is 2. The fourth-order valence-electron chi connectivity index (χ4n) is 3.47. The molecule has 2 aliphatic rings. The first-order valence-corrected chi connectivity index (χ1v) is 8.15. The molecule has 0 aliphatic carbocycles. The van der Waals surface area contributed by atoms with E-state index in [0.29, 0.717) is 13.2 Å². The molecule has 0 spiro atoms. The highest BCUT2D eigenvalue weighted by molar-refractivity contribution is 5.85. The van der Waals surface area contributed by atoms with Gasteiger partial charge in [0.15, 0.2) is 0 Å². The van der Waals surface area contributed by atoms with Crippen LogP contribution in [0.2, 0.25) is 0 Å². The van der Waals surface area contributed by atoms with Crippen LogP contribution in [0.4, 0.5) is 0 Å². The van der Waals surface area contributed by atoms with E-state index in [0.717, 1.165) is 29.0 Å². The topological polar surface area (TPSA) is 50.8 Å². The number of methoxy groups -OCH3 is 1. The first-order valence-electron chi connectivity index (χ1n) is 8.15. The summed E-state index contributed by atoms with van der Waals surface area (Å²) in [6.45, 7) is 1.83. The van der Waals surface area contributed by atoms with Crippen LogP contribution in [0, 0.1) is 0 Å². The monoisotopic (exact) mass is 324 g/mol. The number of nitrogens with one attached hydrogen (secondary N) is 1. The third-order valence-corrected chi connectivity index (χ3v) is 4.72. The van der Waals surface area contributed by atoms with E-state index in [9.17, 15) is 4.79 Å². The number of hydrogen-bond donors (Lipinski definition) is 1. The predicted molar refractivity (Wildman–Crippen MR) is 90.6 cm³/mol. The SMILES string of the molecule is COc1cc(-c2ccccc2)ccc1[C@@H]1NC(=O)[C@@H]2COCCN21. The molecule has 2 fully saturated rings. The summed E-state index contributed by atoms with van der Waals surface area (Å²) in [5, 5.41) is 3.07. The average molecular weight is 324 g/mol. The molecule has 0 aromatic heterocycles. The number of hydrogen-bond acceptors (Lipinski definition) is 4. The molecule has 0 radical (unpaired) electrons. The van der Waals surface area contributed by atoms with Crippen molar-refractivity contribution in [2.45, 2.75) is 12.2 Å². The first-order chi connectivity index (χ1) is 11.8. The second-order valence-electron chi connectivity index (χ2n) is 6.06. The van der Waals surface area contributed by atoms with Crippen molar-refractivity contribution in [1.29, 1.82) is 0 Å². The average Bonchev–Trinajstić information content (AvgIpc) is 2.99. The molecule has 24 heavy (non-hydrogen) atoms. The molecule has 2 atom stereocenters. The van der Waals surface area contributed by atoms with Crippen molar-refractivity contribution in [3.63, 3.8) is 0 Å². The van der Waals surface area contributed by atoms with Crippen LogP contribution in [0.15, 0.2) is 48.5 Å². The standard InChI is InChI=1S/C19H20N2O3/c1-23-17-11-14(13-5-3-2-4-6-13)7-8-15(17)18-20-19(22)16-12-24-10-9-21(16)18/h2-8,11,16,18H,9-10,12H2,1H3,(H,20,22)/t16-,18+/m0/s1. The Morgan fingerprint density at radius 2 is 2.00 bits per heavy atom. The van der Waals surface area contributed by atoms with Crippen LogP contribution < -0.4 is 10.1 Å². The summed E-state index contributed by atoms with van der Waals surface area (Å²) in [7, 11) is 1.67. The molecule has 0 saturated carbocycles. The molecule has 0 bridgehead atoms. The van der Waals surface area contributed by atoms with Gasteiger partial charge >= 0.3 is 0 Å². The van der Waals surface area contributed by atoms with Crippen molar-refractivity contribution in [2.75, 3.05) is 26.9 Å². The predicted octanol–water partition coefficient (Wildman–Crippen LogP) is 2.19. The molecule has 124 valence electrons. The van der Waals surface area contributed by atoms with E-state index in [1.165, 1.54) is 0 Å². The molecule has 4 rings (SSSR count). The number of carbonyl (C=O) groups excluding carboxylic acids is 1. The van der Waals surface area contributed by atoms with Crippen molar-refractivity contribution >= 4 is 5.91 Å².